The largest absolute Gasteiger partial charge is 0.329 e. The molecule has 1 aromatic heterocycles. The Morgan fingerprint density at radius 2 is 2.22 bits per heavy atom. The fraction of sp³-hybridized carbons (Fsp3) is 0.231. The van der Waals surface area contributed by atoms with Gasteiger partial charge in [-0.1, -0.05) is 33.6 Å². The van der Waals surface area contributed by atoms with Crippen LogP contribution in [-0.4, -0.2) is 6.54 Å². The summed E-state index contributed by atoms with van der Waals surface area (Å²) < 4.78 is 1.01. The lowest BCUT2D eigenvalue weighted by atomic mass is 10.1. The smallest absolute Gasteiger partial charge is 0.0462 e. The highest BCUT2D eigenvalue weighted by atomic mass is 79.9. The van der Waals surface area contributed by atoms with E-state index in [0.717, 1.165) is 21.6 Å². The van der Waals surface area contributed by atoms with Crippen molar-refractivity contribution in [2.45, 2.75) is 12.6 Å². The molecule has 0 saturated carbocycles. The lowest BCUT2D eigenvalue weighted by molar-refractivity contribution is 0.545. The molecular formula is C13H14BrClN2S. The van der Waals surface area contributed by atoms with Crippen molar-refractivity contribution in [3.63, 3.8) is 0 Å². The molecule has 0 bridgehead atoms. The first-order valence-corrected chi connectivity index (χ1v) is 7.66. The zero-order valence-corrected chi connectivity index (χ0v) is 12.9. The first kappa shape index (κ1) is 14.0. The minimum absolute atomic E-state index is 0.0668. The summed E-state index contributed by atoms with van der Waals surface area (Å²) in [5.74, 6) is 0. The van der Waals surface area contributed by atoms with Crippen molar-refractivity contribution < 1.29 is 0 Å². The summed E-state index contributed by atoms with van der Waals surface area (Å²) in [6, 6.07) is 10.0. The number of nitrogens with one attached hydrogen (secondary N) is 1. The van der Waals surface area contributed by atoms with E-state index in [2.05, 4.69) is 32.7 Å². The molecule has 1 unspecified atom stereocenters. The summed E-state index contributed by atoms with van der Waals surface area (Å²) in [7, 11) is 0. The van der Waals surface area contributed by atoms with Crippen LogP contribution < -0.4 is 11.1 Å². The van der Waals surface area contributed by atoms with E-state index in [0.29, 0.717) is 6.54 Å². The van der Waals surface area contributed by atoms with Crippen LogP contribution in [0.5, 0.6) is 0 Å². The summed E-state index contributed by atoms with van der Waals surface area (Å²) in [6.45, 7) is 1.32. The number of halogens is 2. The van der Waals surface area contributed by atoms with Gasteiger partial charge in [0.15, 0.2) is 0 Å². The van der Waals surface area contributed by atoms with Gasteiger partial charge < -0.3 is 11.1 Å². The lowest BCUT2D eigenvalue weighted by Crippen LogP contribution is -2.27. The zero-order valence-electron chi connectivity index (χ0n) is 9.70. The third-order valence-electron chi connectivity index (χ3n) is 2.67. The fourth-order valence-electron chi connectivity index (χ4n) is 1.74. The molecule has 0 spiro atoms. The molecule has 18 heavy (non-hydrogen) atoms. The summed E-state index contributed by atoms with van der Waals surface area (Å²) in [4.78, 5) is 1.29. The highest BCUT2D eigenvalue weighted by molar-refractivity contribution is 9.10. The molecule has 96 valence electrons. The van der Waals surface area contributed by atoms with Gasteiger partial charge in [-0.3, -0.25) is 0 Å². The molecule has 0 aliphatic carbocycles. The molecule has 2 aromatic rings. The van der Waals surface area contributed by atoms with Gasteiger partial charge in [0.1, 0.15) is 0 Å². The van der Waals surface area contributed by atoms with Crippen molar-refractivity contribution in [2.24, 2.45) is 5.73 Å². The van der Waals surface area contributed by atoms with Gasteiger partial charge in [0.05, 0.1) is 0 Å². The normalized spacial score (nSPS) is 12.6. The second-order valence-corrected chi connectivity index (χ2v) is 6.27. The van der Waals surface area contributed by atoms with Gasteiger partial charge in [-0.25, -0.2) is 0 Å². The number of hydrogen-bond donors (Lipinski definition) is 2. The van der Waals surface area contributed by atoms with Gasteiger partial charge in [0, 0.05) is 33.5 Å². The number of hydrogen-bond acceptors (Lipinski definition) is 3. The molecule has 2 rings (SSSR count). The maximum atomic E-state index is 6.22. The Morgan fingerprint density at radius 3 is 2.89 bits per heavy atom. The Balaban J connectivity index is 2.10. The molecule has 0 aliphatic rings. The minimum Gasteiger partial charge on any atom is -0.329 e. The Hall–Kier alpha value is -0.390. The lowest BCUT2D eigenvalue weighted by Gasteiger charge is -2.18. The zero-order chi connectivity index (χ0) is 13.0. The van der Waals surface area contributed by atoms with Crippen LogP contribution in [-0.2, 0) is 6.54 Å². The molecule has 0 amide bonds. The average Bonchev–Trinajstić information content (AvgIpc) is 2.87. The van der Waals surface area contributed by atoms with E-state index in [1.807, 2.05) is 24.3 Å². The van der Waals surface area contributed by atoms with Crippen LogP contribution in [0.1, 0.15) is 16.5 Å². The third kappa shape index (κ3) is 3.56. The Labute approximate surface area is 124 Å². The number of thiophene rings is 1. The third-order valence-corrected chi connectivity index (χ3v) is 4.39. The van der Waals surface area contributed by atoms with E-state index in [1.165, 1.54) is 4.88 Å². The first-order chi connectivity index (χ1) is 8.70. The predicted molar refractivity (Wildman–Crippen MR) is 82.1 cm³/mol. The maximum Gasteiger partial charge on any atom is 0.0462 e. The topological polar surface area (TPSA) is 38.0 Å². The van der Waals surface area contributed by atoms with E-state index >= 15 is 0 Å². The molecule has 1 aromatic carbocycles. The van der Waals surface area contributed by atoms with Crippen LogP contribution in [0.15, 0.2) is 40.2 Å². The number of benzene rings is 1. The Kier molecular flexibility index (Phi) is 5.21. The van der Waals surface area contributed by atoms with Crippen molar-refractivity contribution in [2.75, 3.05) is 6.54 Å². The van der Waals surface area contributed by atoms with Gasteiger partial charge >= 0.3 is 0 Å². The van der Waals surface area contributed by atoms with Crippen molar-refractivity contribution >= 4 is 38.9 Å². The van der Waals surface area contributed by atoms with E-state index in [9.17, 15) is 0 Å². The molecule has 3 N–H and O–H groups in total. The average molecular weight is 346 g/mol. The minimum atomic E-state index is 0.0668. The second-order valence-electron chi connectivity index (χ2n) is 3.91. The van der Waals surface area contributed by atoms with Gasteiger partial charge in [0.25, 0.3) is 0 Å². The number of rotatable bonds is 5. The standard InChI is InChI=1S/C13H14BrClN2S/c14-9-3-4-12(15)11(6-9)13(7-16)17-8-10-2-1-5-18-10/h1-6,13,17H,7-8,16H2. The van der Waals surface area contributed by atoms with Crippen molar-refractivity contribution in [3.05, 3.63) is 55.6 Å². The molecule has 2 nitrogen and oxygen atoms in total. The van der Waals surface area contributed by atoms with E-state index in [4.69, 9.17) is 17.3 Å². The SMILES string of the molecule is NCC(NCc1cccs1)c1cc(Br)ccc1Cl. The highest BCUT2D eigenvalue weighted by Gasteiger charge is 2.13. The molecule has 0 fully saturated rings. The molecule has 1 atom stereocenters. The van der Waals surface area contributed by atoms with Crippen molar-refractivity contribution in [1.29, 1.82) is 0 Å². The number of nitrogens with two attached hydrogens (primary N) is 1. The van der Waals surface area contributed by atoms with Crippen molar-refractivity contribution in [3.8, 4) is 0 Å². The maximum absolute atomic E-state index is 6.22. The molecule has 0 aliphatic heterocycles. The molecular weight excluding hydrogens is 332 g/mol. The second kappa shape index (κ2) is 6.68. The molecule has 5 heteroatoms. The van der Waals surface area contributed by atoms with Gasteiger partial charge in [-0.2, -0.15) is 0 Å². The quantitative estimate of drug-likeness (QED) is 0.861. The van der Waals surface area contributed by atoms with Crippen molar-refractivity contribution in [1.82, 2.24) is 5.32 Å². The van der Waals surface area contributed by atoms with Crippen LogP contribution in [0.2, 0.25) is 5.02 Å². The predicted octanol–water partition coefficient (Wildman–Crippen LogP) is 3.95. The van der Waals surface area contributed by atoms with E-state index in [1.54, 1.807) is 11.3 Å². The van der Waals surface area contributed by atoms with Crippen LogP contribution in [0, 0.1) is 0 Å². The van der Waals surface area contributed by atoms with Crippen LogP contribution >= 0.6 is 38.9 Å². The van der Waals surface area contributed by atoms with E-state index in [-0.39, 0.29) is 6.04 Å². The molecule has 0 radical (unpaired) electrons. The van der Waals surface area contributed by atoms with E-state index < -0.39 is 0 Å². The Morgan fingerprint density at radius 1 is 1.39 bits per heavy atom. The Bertz CT molecular complexity index is 502. The summed E-state index contributed by atoms with van der Waals surface area (Å²) >= 11 is 11.4. The molecule has 0 saturated heterocycles. The highest BCUT2D eigenvalue weighted by Crippen LogP contribution is 2.26. The fourth-order valence-corrected chi connectivity index (χ4v) is 3.02. The summed E-state index contributed by atoms with van der Waals surface area (Å²) in [6.07, 6.45) is 0. The van der Waals surface area contributed by atoms with Gasteiger partial charge in [-0.05, 0) is 35.2 Å². The first-order valence-electron chi connectivity index (χ1n) is 5.61. The summed E-state index contributed by atoms with van der Waals surface area (Å²) in [5.41, 5.74) is 6.86. The molecule has 1 heterocycles. The van der Waals surface area contributed by atoms with Crippen LogP contribution in [0.25, 0.3) is 0 Å². The van der Waals surface area contributed by atoms with Crippen LogP contribution in [0.4, 0.5) is 0 Å². The summed E-state index contributed by atoms with van der Waals surface area (Å²) in [5, 5.41) is 6.25. The monoisotopic (exact) mass is 344 g/mol. The van der Waals surface area contributed by atoms with Gasteiger partial charge in [-0.15, -0.1) is 11.3 Å². The van der Waals surface area contributed by atoms with Gasteiger partial charge in [0.2, 0.25) is 0 Å². The van der Waals surface area contributed by atoms with Crippen LogP contribution in [0.3, 0.4) is 0 Å².